The van der Waals surface area contributed by atoms with Crippen molar-refractivity contribution >= 4 is 12.2 Å². The summed E-state index contributed by atoms with van der Waals surface area (Å²) >= 11 is 0. The zero-order valence-corrected chi connectivity index (χ0v) is 10.3. The number of hydrogen-bond acceptors (Lipinski definition) is 3. The molecule has 1 aromatic rings. The second kappa shape index (κ2) is 7.44. The summed E-state index contributed by atoms with van der Waals surface area (Å²) in [6.07, 6.45) is 8.07. The Balaban J connectivity index is 2.28. The third-order valence-electron chi connectivity index (χ3n) is 2.21. The van der Waals surface area contributed by atoms with Gasteiger partial charge in [0.1, 0.15) is 0 Å². The van der Waals surface area contributed by atoms with Crippen LogP contribution in [0.5, 0.6) is 0 Å². The fraction of sp³-hybridized carbons (Fsp3) is 0.385. The lowest BCUT2D eigenvalue weighted by atomic mass is 10.2. The van der Waals surface area contributed by atoms with E-state index in [1.807, 2.05) is 24.3 Å². The maximum atomic E-state index is 11.3. The number of hydrogen-bond donors (Lipinski definition) is 0. The summed E-state index contributed by atoms with van der Waals surface area (Å²) in [6, 6.07) is 3.88. The van der Waals surface area contributed by atoms with Crippen molar-refractivity contribution in [1.29, 1.82) is 0 Å². The molecule has 0 saturated carbocycles. The van der Waals surface area contributed by atoms with E-state index in [1.165, 1.54) is 0 Å². The number of carbonyl (C=O) groups is 1. The molecule has 17 heavy (non-hydrogen) atoms. The third kappa shape index (κ3) is 5.15. The molecule has 0 bridgehead atoms. The fourth-order valence-corrected chi connectivity index (χ4v) is 1.29. The van der Waals surface area contributed by atoms with Crippen molar-refractivity contribution in [3.63, 3.8) is 0 Å². The van der Waals surface area contributed by atoms with Gasteiger partial charge < -0.3 is 9.64 Å². The van der Waals surface area contributed by atoms with E-state index in [-0.39, 0.29) is 6.09 Å². The molecule has 0 atom stereocenters. The molecular formula is C13H18N2O2. The first kappa shape index (κ1) is 13.2. The number of ether oxygens (including phenoxy) is 1. The summed E-state index contributed by atoms with van der Waals surface area (Å²) in [5, 5.41) is 0. The molecule has 1 heterocycles. The molecule has 0 aromatic carbocycles. The van der Waals surface area contributed by atoms with Crippen molar-refractivity contribution in [2.45, 2.75) is 13.3 Å². The molecule has 92 valence electrons. The summed E-state index contributed by atoms with van der Waals surface area (Å²) in [7, 11) is 1.73. The average Bonchev–Trinajstić information content (AvgIpc) is 2.36. The molecule has 0 saturated heterocycles. The summed E-state index contributed by atoms with van der Waals surface area (Å²) in [5.74, 6) is 0. The number of nitrogens with zero attached hydrogens (tertiary/aromatic N) is 2. The summed E-state index contributed by atoms with van der Waals surface area (Å²) in [5.41, 5.74) is 1.06. The van der Waals surface area contributed by atoms with Crippen LogP contribution in [0.4, 0.5) is 4.79 Å². The zero-order chi connectivity index (χ0) is 12.5. The first-order chi connectivity index (χ1) is 8.24. The molecule has 0 radical (unpaired) electrons. The Hall–Kier alpha value is -1.84. The Morgan fingerprint density at radius 3 is 3.06 bits per heavy atom. The minimum absolute atomic E-state index is 0.276. The van der Waals surface area contributed by atoms with Gasteiger partial charge >= 0.3 is 6.09 Å². The first-order valence-corrected chi connectivity index (χ1v) is 5.68. The minimum atomic E-state index is -0.276. The van der Waals surface area contributed by atoms with E-state index >= 15 is 0 Å². The highest BCUT2D eigenvalue weighted by Crippen LogP contribution is 2.00. The normalized spacial score (nSPS) is 10.5. The van der Waals surface area contributed by atoms with Crippen LogP contribution in [-0.4, -0.2) is 36.2 Å². The van der Waals surface area contributed by atoms with Gasteiger partial charge in [0, 0.05) is 26.0 Å². The van der Waals surface area contributed by atoms with Crippen molar-refractivity contribution in [1.82, 2.24) is 9.88 Å². The summed E-state index contributed by atoms with van der Waals surface area (Å²) < 4.78 is 4.87. The van der Waals surface area contributed by atoms with E-state index in [9.17, 15) is 4.79 Å². The number of aromatic nitrogens is 1. The molecule has 0 fully saturated rings. The summed E-state index contributed by atoms with van der Waals surface area (Å²) in [6.45, 7) is 2.86. The third-order valence-corrected chi connectivity index (χ3v) is 2.21. The van der Waals surface area contributed by atoms with E-state index in [4.69, 9.17) is 4.74 Å². The molecule has 1 aromatic heterocycles. The number of pyridine rings is 1. The van der Waals surface area contributed by atoms with Crippen LogP contribution in [0.1, 0.15) is 18.9 Å². The first-order valence-electron chi connectivity index (χ1n) is 5.68. The lowest BCUT2D eigenvalue weighted by molar-refractivity contribution is 0.117. The van der Waals surface area contributed by atoms with Gasteiger partial charge in [0.15, 0.2) is 0 Å². The highest BCUT2D eigenvalue weighted by Gasteiger charge is 2.06. The Bertz CT molecular complexity index is 363. The Morgan fingerprint density at radius 2 is 2.41 bits per heavy atom. The van der Waals surface area contributed by atoms with E-state index in [0.29, 0.717) is 13.2 Å². The van der Waals surface area contributed by atoms with E-state index in [1.54, 1.807) is 31.3 Å². The number of rotatable bonds is 5. The Morgan fingerprint density at radius 1 is 1.59 bits per heavy atom. The van der Waals surface area contributed by atoms with E-state index < -0.39 is 0 Å². The van der Waals surface area contributed by atoms with Crippen LogP contribution in [0.2, 0.25) is 0 Å². The van der Waals surface area contributed by atoms with E-state index in [0.717, 1.165) is 12.0 Å². The monoisotopic (exact) mass is 234 g/mol. The molecule has 4 heteroatoms. The molecule has 0 unspecified atom stereocenters. The maximum Gasteiger partial charge on any atom is 0.409 e. The lowest BCUT2D eigenvalue weighted by Crippen LogP contribution is -2.28. The molecule has 0 aliphatic rings. The lowest BCUT2D eigenvalue weighted by Gasteiger charge is -2.14. The standard InChI is InChI=1S/C13H18N2O2/c1-3-17-13(16)15(2)10-5-4-7-12-8-6-9-14-11-12/h4,6-9,11H,3,5,10H2,1-2H3/b7-4+. The second-order valence-electron chi connectivity index (χ2n) is 3.60. The molecular weight excluding hydrogens is 216 g/mol. The SMILES string of the molecule is CCOC(=O)N(C)CC/C=C/c1cccnc1. The van der Waals surface area contributed by atoms with Crippen LogP contribution in [0, 0.1) is 0 Å². The van der Waals surface area contributed by atoms with Gasteiger partial charge in [-0.2, -0.15) is 0 Å². The van der Waals surface area contributed by atoms with Crippen molar-refractivity contribution in [3.05, 3.63) is 36.2 Å². The summed E-state index contributed by atoms with van der Waals surface area (Å²) in [4.78, 5) is 16.9. The van der Waals surface area contributed by atoms with Crippen LogP contribution < -0.4 is 0 Å². The van der Waals surface area contributed by atoms with Gasteiger partial charge in [-0.05, 0) is 25.0 Å². The molecule has 0 aliphatic carbocycles. The predicted octanol–water partition coefficient (Wildman–Crippen LogP) is 2.57. The topological polar surface area (TPSA) is 42.4 Å². The quantitative estimate of drug-likeness (QED) is 0.786. The highest BCUT2D eigenvalue weighted by molar-refractivity contribution is 5.67. The van der Waals surface area contributed by atoms with Gasteiger partial charge in [-0.15, -0.1) is 0 Å². The van der Waals surface area contributed by atoms with Crippen molar-refractivity contribution in [2.75, 3.05) is 20.2 Å². The fourth-order valence-electron chi connectivity index (χ4n) is 1.29. The smallest absolute Gasteiger partial charge is 0.409 e. The largest absolute Gasteiger partial charge is 0.450 e. The van der Waals surface area contributed by atoms with Gasteiger partial charge in [0.25, 0.3) is 0 Å². The van der Waals surface area contributed by atoms with Gasteiger partial charge in [0.05, 0.1) is 6.61 Å². The molecule has 1 rings (SSSR count). The molecule has 1 amide bonds. The van der Waals surface area contributed by atoms with E-state index in [2.05, 4.69) is 4.98 Å². The van der Waals surface area contributed by atoms with Crippen LogP contribution in [0.15, 0.2) is 30.6 Å². The predicted molar refractivity (Wildman–Crippen MR) is 67.5 cm³/mol. The molecule has 0 aliphatic heterocycles. The Kier molecular flexibility index (Phi) is 5.79. The van der Waals surface area contributed by atoms with Crippen molar-refractivity contribution in [2.24, 2.45) is 0 Å². The second-order valence-corrected chi connectivity index (χ2v) is 3.60. The van der Waals surface area contributed by atoms with Crippen molar-refractivity contribution < 1.29 is 9.53 Å². The highest BCUT2D eigenvalue weighted by atomic mass is 16.5. The van der Waals surface area contributed by atoms with Crippen LogP contribution >= 0.6 is 0 Å². The van der Waals surface area contributed by atoms with Gasteiger partial charge in [-0.25, -0.2) is 4.79 Å². The van der Waals surface area contributed by atoms with Crippen LogP contribution in [-0.2, 0) is 4.74 Å². The van der Waals surface area contributed by atoms with Crippen LogP contribution in [0.25, 0.3) is 6.08 Å². The van der Waals surface area contributed by atoms with Crippen LogP contribution in [0.3, 0.4) is 0 Å². The van der Waals surface area contributed by atoms with Crippen molar-refractivity contribution in [3.8, 4) is 0 Å². The zero-order valence-electron chi connectivity index (χ0n) is 10.3. The average molecular weight is 234 g/mol. The Labute approximate surface area is 102 Å². The molecule has 0 spiro atoms. The maximum absolute atomic E-state index is 11.3. The number of amides is 1. The van der Waals surface area contributed by atoms with Gasteiger partial charge in [-0.1, -0.05) is 18.2 Å². The van der Waals surface area contributed by atoms with Gasteiger partial charge in [-0.3, -0.25) is 4.98 Å². The van der Waals surface area contributed by atoms with Gasteiger partial charge in [0.2, 0.25) is 0 Å². The minimum Gasteiger partial charge on any atom is -0.450 e. The molecule has 0 N–H and O–H groups in total. The molecule has 4 nitrogen and oxygen atoms in total. The number of carbonyl (C=O) groups excluding carboxylic acids is 1.